The highest BCUT2D eigenvalue weighted by Gasteiger charge is 2.31. The zero-order valence-electron chi connectivity index (χ0n) is 14.4. The van der Waals surface area contributed by atoms with E-state index in [1.165, 1.54) is 36.3 Å². The highest BCUT2D eigenvalue weighted by Crippen LogP contribution is 2.36. The molecule has 0 radical (unpaired) electrons. The van der Waals surface area contributed by atoms with E-state index in [1.807, 2.05) is 29.3 Å². The van der Waals surface area contributed by atoms with Crippen LogP contribution in [0.25, 0.3) is 10.6 Å². The van der Waals surface area contributed by atoms with Crippen LogP contribution in [0.4, 0.5) is 0 Å². The van der Waals surface area contributed by atoms with Gasteiger partial charge in [-0.1, -0.05) is 18.2 Å². The predicted octanol–water partition coefficient (Wildman–Crippen LogP) is 4.74. The summed E-state index contributed by atoms with van der Waals surface area (Å²) in [6.45, 7) is 2.66. The van der Waals surface area contributed by atoms with Crippen LogP contribution in [-0.2, 0) is 0 Å². The van der Waals surface area contributed by atoms with Crippen LogP contribution >= 0.6 is 11.3 Å². The fourth-order valence-electron chi connectivity index (χ4n) is 3.88. The van der Waals surface area contributed by atoms with Crippen molar-refractivity contribution >= 4 is 17.2 Å². The molecule has 1 saturated heterocycles. The molecule has 2 aromatic rings. The number of aromatic hydroxyl groups is 1. The van der Waals surface area contributed by atoms with Gasteiger partial charge in [-0.25, -0.2) is 4.98 Å². The summed E-state index contributed by atoms with van der Waals surface area (Å²) < 4.78 is 0. The van der Waals surface area contributed by atoms with Gasteiger partial charge in [-0.2, -0.15) is 0 Å². The first-order valence-corrected chi connectivity index (χ1v) is 9.79. The molecular weight excluding hydrogens is 332 g/mol. The summed E-state index contributed by atoms with van der Waals surface area (Å²) in [6, 6.07) is 5.41. The van der Waals surface area contributed by atoms with Gasteiger partial charge >= 0.3 is 0 Å². The summed E-state index contributed by atoms with van der Waals surface area (Å²) in [7, 11) is 0. The highest BCUT2D eigenvalue weighted by atomic mass is 32.1. The number of thiazole rings is 1. The number of fused-ring (bicyclic) bond motifs is 1. The largest absolute Gasteiger partial charge is 0.508 e. The van der Waals surface area contributed by atoms with Gasteiger partial charge in [0.1, 0.15) is 16.5 Å². The smallest absolute Gasteiger partial charge is 0.277 e. The number of likely N-dealkylation sites (tertiary alicyclic amines) is 1. The van der Waals surface area contributed by atoms with E-state index in [0.717, 1.165) is 35.5 Å². The van der Waals surface area contributed by atoms with Crippen molar-refractivity contribution in [3.05, 3.63) is 46.6 Å². The van der Waals surface area contributed by atoms with Crippen LogP contribution in [0.3, 0.4) is 0 Å². The van der Waals surface area contributed by atoms with Crippen molar-refractivity contribution < 1.29 is 9.90 Å². The molecule has 2 aliphatic rings. The van der Waals surface area contributed by atoms with Gasteiger partial charge in [-0.05, 0) is 51.0 Å². The Kier molecular flexibility index (Phi) is 4.34. The van der Waals surface area contributed by atoms with Crippen molar-refractivity contribution in [3.63, 3.8) is 0 Å². The lowest BCUT2D eigenvalue weighted by Crippen LogP contribution is -2.39. The maximum absolute atomic E-state index is 13.0. The average Bonchev–Trinajstić information content (AvgIpc) is 3.13. The summed E-state index contributed by atoms with van der Waals surface area (Å²) in [6.07, 6.45) is 8.00. The van der Waals surface area contributed by atoms with E-state index in [4.69, 9.17) is 0 Å². The lowest BCUT2D eigenvalue weighted by atomic mass is 9.85. The zero-order valence-corrected chi connectivity index (χ0v) is 15.2. The molecule has 2 heterocycles. The third-order valence-electron chi connectivity index (χ3n) is 5.28. The lowest BCUT2D eigenvalue weighted by molar-refractivity contribution is 0.0744. The topological polar surface area (TPSA) is 53.4 Å². The normalized spacial score (nSPS) is 20.1. The van der Waals surface area contributed by atoms with Crippen molar-refractivity contribution in [2.75, 3.05) is 6.54 Å². The average molecular weight is 354 g/mol. The zero-order chi connectivity index (χ0) is 17.4. The molecule has 0 spiro atoms. The molecule has 4 nitrogen and oxygen atoms in total. The lowest BCUT2D eigenvalue weighted by Gasteiger charge is -2.37. The Morgan fingerprint density at radius 1 is 1.32 bits per heavy atom. The standard InChI is InChI=1S/C20H22N2O2S/c1-13-15(8-4-10-18(13)23)19-21-16(12-25-19)20(24)22-11-5-7-14-6-2-3-9-17(14)22/h4,8-10,12,14,23H,2-3,5-7,11H2,1H3. The van der Waals surface area contributed by atoms with E-state index in [9.17, 15) is 9.90 Å². The minimum atomic E-state index is 0.0122. The van der Waals surface area contributed by atoms with E-state index < -0.39 is 0 Å². The van der Waals surface area contributed by atoms with Gasteiger partial charge in [0, 0.05) is 28.7 Å². The second-order valence-electron chi connectivity index (χ2n) is 6.84. The molecule has 0 saturated carbocycles. The predicted molar refractivity (Wildman–Crippen MR) is 99.6 cm³/mol. The third kappa shape index (κ3) is 2.97. The quantitative estimate of drug-likeness (QED) is 0.847. The highest BCUT2D eigenvalue weighted by molar-refractivity contribution is 7.13. The number of hydrogen-bond donors (Lipinski definition) is 1. The van der Waals surface area contributed by atoms with Gasteiger partial charge in [0.2, 0.25) is 0 Å². The third-order valence-corrected chi connectivity index (χ3v) is 6.15. The molecule has 1 amide bonds. The Labute approximate surface area is 151 Å². The minimum absolute atomic E-state index is 0.0122. The van der Waals surface area contributed by atoms with Crippen molar-refractivity contribution in [3.8, 4) is 16.3 Å². The molecule has 1 atom stereocenters. The first-order valence-electron chi connectivity index (χ1n) is 8.91. The number of amides is 1. The number of hydrogen-bond acceptors (Lipinski definition) is 4. The molecule has 1 aliphatic heterocycles. The summed E-state index contributed by atoms with van der Waals surface area (Å²) in [5, 5.41) is 12.5. The van der Waals surface area contributed by atoms with Crippen LogP contribution in [0.2, 0.25) is 0 Å². The number of piperidine rings is 1. The Balaban J connectivity index is 1.62. The number of benzene rings is 1. The van der Waals surface area contributed by atoms with Crippen molar-refractivity contribution in [1.29, 1.82) is 0 Å². The number of phenolic OH excluding ortho intramolecular Hbond substituents is 1. The molecular formula is C20H22N2O2S. The van der Waals surface area contributed by atoms with E-state index in [0.29, 0.717) is 11.6 Å². The molecule has 4 rings (SSSR count). The molecule has 5 heteroatoms. The summed E-state index contributed by atoms with van der Waals surface area (Å²) in [4.78, 5) is 19.6. The van der Waals surface area contributed by atoms with Gasteiger partial charge in [0.15, 0.2) is 0 Å². The fraction of sp³-hybridized carbons (Fsp3) is 0.400. The molecule has 1 fully saturated rings. The number of carbonyl (C=O) groups is 1. The Bertz CT molecular complexity index is 840. The molecule has 1 unspecified atom stereocenters. The van der Waals surface area contributed by atoms with E-state index in [1.54, 1.807) is 6.07 Å². The van der Waals surface area contributed by atoms with Crippen LogP contribution in [0.5, 0.6) is 5.75 Å². The number of rotatable bonds is 2. The maximum atomic E-state index is 13.0. The van der Waals surface area contributed by atoms with Gasteiger partial charge in [0.05, 0.1) is 0 Å². The molecule has 1 N–H and O–H groups in total. The van der Waals surface area contributed by atoms with Crippen LogP contribution in [0.1, 0.15) is 48.2 Å². The monoisotopic (exact) mass is 354 g/mol. The van der Waals surface area contributed by atoms with Gasteiger partial charge in [-0.15, -0.1) is 11.3 Å². The Hall–Kier alpha value is -2.14. The number of allylic oxidation sites excluding steroid dienone is 2. The first kappa shape index (κ1) is 16.3. The van der Waals surface area contributed by atoms with Crippen molar-refractivity contribution in [2.24, 2.45) is 5.92 Å². The van der Waals surface area contributed by atoms with Gasteiger partial charge in [-0.3, -0.25) is 4.79 Å². The van der Waals surface area contributed by atoms with Crippen molar-refractivity contribution in [2.45, 2.75) is 39.0 Å². The molecule has 130 valence electrons. The molecule has 25 heavy (non-hydrogen) atoms. The molecule has 0 bridgehead atoms. The fourth-order valence-corrected chi connectivity index (χ4v) is 4.76. The van der Waals surface area contributed by atoms with Crippen molar-refractivity contribution in [1.82, 2.24) is 9.88 Å². The molecule has 1 aliphatic carbocycles. The molecule has 1 aromatic heterocycles. The van der Waals surface area contributed by atoms with Gasteiger partial charge in [0.25, 0.3) is 5.91 Å². The van der Waals surface area contributed by atoms with Crippen LogP contribution in [0.15, 0.2) is 35.4 Å². The van der Waals surface area contributed by atoms with Gasteiger partial charge < -0.3 is 10.0 Å². The van der Waals surface area contributed by atoms with E-state index in [2.05, 4.69) is 11.1 Å². The minimum Gasteiger partial charge on any atom is -0.508 e. The second-order valence-corrected chi connectivity index (χ2v) is 7.70. The van der Waals surface area contributed by atoms with Crippen LogP contribution in [0, 0.1) is 12.8 Å². The number of phenols is 1. The van der Waals surface area contributed by atoms with E-state index in [-0.39, 0.29) is 11.7 Å². The number of aromatic nitrogens is 1. The number of carbonyl (C=O) groups excluding carboxylic acids is 1. The van der Waals surface area contributed by atoms with Crippen LogP contribution < -0.4 is 0 Å². The maximum Gasteiger partial charge on any atom is 0.277 e. The van der Waals surface area contributed by atoms with Crippen LogP contribution in [-0.4, -0.2) is 27.4 Å². The second kappa shape index (κ2) is 6.64. The summed E-state index contributed by atoms with van der Waals surface area (Å²) in [5.74, 6) is 0.808. The SMILES string of the molecule is Cc1c(O)cccc1-c1nc(C(=O)N2CCCC3CCCC=C32)cs1. The Morgan fingerprint density at radius 3 is 3.04 bits per heavy atom. The Morgan fingerprint density at radius 2 is 2.16 bits per heavy atom. The van der Waals surface area contributed by atoms with E-state index >= 15 is 0 Å². The summed E-state index contributed by atoms with van der Waals surface area (Å²) >= 11 is 1.46. The number of nitrogens with zero attached hydrogens (tertiary/aromatic N) is 2. The summed E-state index contributed by atoms with van der Waals surface area (Å²) in [5.41, 5.74) is 3.40. The molecule has 1 aromatic carbocycles. The first-order chi connectivity index (χ1) is 12.1.